The average Bonchev–Trinajstić information content (AvgIpc) is 3.42. The van der Waals surface area contributed by atoms with Gasteiger partial charge in [0.15, 0.2) is 5.82 Å². The SMILES string of the molecule is CN(C)C(=O)N1CCC(c2cc(-c3ccc4cn(CC5CCC5)nc4c3)c3c(N)ncnn23)CC1. The normalized spacial score (nSPS) is 17.3. The van der Waals surface area contributed by atoms with Crippen LogP contribution in [0.25, 0.3) is 27.5 Å². The fraction of sp³-hybridized carbons (Fsp3) is 0.462. The zero-order valence-electron chi connectivity index (χ0n) is 20.4. The number of hydrogen-bond donors (Lipinski definition) is 1. The van der Waals surface area contributed by atoms with Crippen LogP contribution in [0.3, 0.4) is 0 Å². The largest absolute Gasteiger partial charge is 0.382 e. The van der Waals surface area contributed by atoms with Gasteiger partial charge in [0.1, 0.15) is 11.8 Å². The Morgan fingerprint density at radius 3 is 2.66 bits per heavy atom. The van der Waals surface area contributed by atoms with Gasteiger partial charge in [-0.3, -0.25) is 4.68 Å². The van der Waals surface area contributed by atoms with Crippen molar-refractivity contribution in [3.8, 4) is 11.1 Å². The Hall–Kier alpha value is -3.62. The van der Waals surface area contributed by atoms with Gasteiger partial charge >= 0.3 is 6.03 Å². The minimum absolute atomic E-state index is 0.0702. The molecule has 9 nitrogen and oxygen atoms in total. The molecule has 0 radical (unpaired) electrons. The zero-order chi connectivity index (χ0) is 24.1. The number of nitrogens with zero attached hydrogens (tertiary/aromatic N) is 7. The maximum atomic E-state index is 12.4. The minimum atomic E-state index is 0.0702. The lowest BCUT2D eigenvalue weighted by molar-refractivity contribution is 0.156. The highest BCUT2D eigenvalue weighted by Crippen LogP contribution is 2.37. The van der Waals surface area contributed by atoms with Gasteiger partial charge in [-0.15, -0.1) is 0 Å². The van der Waals surface area contributed by atoms with Gasteiger partial charge in [0.05, 0.1) is 5.52 Å². The lowest BCUT2D eigenvalue weighted by Crippen LogP contribution is -2.43. The third-order valence-corrected chi connectivity index (χ3v) is 7.71. The second kappa shape index (κ2) is 8.55. The van der Waals surface area contributed by atoms with Gasteiger partial charge in [-0.2, -0.15) is 10.2 Å². The number of carbonyl (C=O) groups is 1. The van der Waals surface area contributed by atoms with E-state index >= 15 is 0 Å². The molecule has 182 valence electrons. The number of urea groups is 1. The van der Waals surface area contributed by atoms with Crippen molar-refractivity contribution in [2.45, 2.75) is 44.6 Å². The molecule has 1 saturated carbocycles. The zero-order valence-corrected chi connectivity index (χ0v) is 20.4. The van der Waals surface area contributed by atoms with E-state index in [0.717, 1.165) is 71.6 Å². The number of carbonyl (C=O) groups excluding carboxylic acids is 1. The molecule has 1 saturated heterocycles. The Morgan fingerprint density at radius 2 is 1.94 bits per heavy atom. The summed E-state index contributed by atoms with van der Waals surface area (Å²) in [4.78, 5) is 20.2. The average molecular weight is 473 g/mol. The number of anilines is 1. The lowest BCUT2D eigenvalue weighted by Gasteiger charge is -2.33. The van der Waals surface area contributed by atoms with Crippen molar-refractivity contribution in [3.63, 3.8) is 0 Å². The number of piperidine rings is 1. The number of benzene rings is 1. The third kappa shape index (κ3) is 3.88. The first-order valence-electron chi connectivity index (χ1n) is 12.5. The summed E-state index contributed by atoms with van der Waals surface area (Å²) in [5.41, 5.74) is 11.4. The Kier molecular flexibility index (Phi) is 5.35. The quantitative estimate of drug-likeness (QED) is 0.484. The molecule has 4 heterocycles. The molecule has 2 fully saturated rings. The van der Waals surface area contributed by atoms with Crippen molar-refractivity contribution >= 4 is 28.3 Å². The Labute approximate surface area is 204 Å². The van der Waals surface area contributed by atoms with E-state index in [9.17, 15) is 4.79 Å². The summed E-state index contributed by atoms with van der Waals surface area (Å²) in [6.45, 7) is 2.46. The number of likely N-dealkylation sites (tertiary alicyclic amines) is 1. The van der Waals surface area contributed by atoms with Crippen LogP contribution in [0.15, 0.2) is 36.8 Å². The molecule has 1 aliphatic carbocycles. The molecule has 9 heteroatoms. The first kappa shape index (κ1) is 21.9. The molecule has 0 spiro atoms. The van der Waals surface area contributed by atoms with Gasteiger partial charge in [0, 0.05) is 62.5 Å². The fourth-order valence-corrected chi connectivity index (χ4v) is 5.52. The van der Waals surface area contributed by atoms with Crippen LogP contribution in [0.5, 0.6) is 0 Å². The first-order valence-corrected chi connectivity index (χ1v) is 12.5. The van der Waals surface area contributed by atoms with E-state index in [2.05, 4.69) is 45.2 Å². The van der Waals surface area contributed by atoms with E-state index in [-0.39, 0.29) is 6.03 Å². The summed E-state index contributed by atoms with van der Waals surface area (Å²) in [6.07, 6.45) is 9.41. The molecular formula is C26H32N8O. The molecule has 2 N–H and O–H groups in total. The predicted molar refractivity (Wildman–Crippen MR) is 136 cm³/mol. The maximum absolute atomic E-state index is 12.4. The van der Waals surface area contributed by atoms with Crippen molar-refractivity contribution in [3.05, 3.63) is 42.5 Å². The molecule has 2 amide bonds. The van der Waals surface area contributed by atoms with Crippen LogP contribution in [-0.4, -0.2) is 67.4 Å². The summed E-state index contributed by atoms with van der Waals surface area (Å²) < 4.78 is 4.05. The number of nitrogen functional groups attached to an aromatic ring is 1. The Bertz CT molecular complexity index is 1390. The molecule has 4 aromatic rings. The highest BCUT2D eigenvalue weighted by molar-refractivity contribution is 5.92. The predicted octanol–water partition coefficient (Wildman–Crippen LogP) is 3.99. The Balaban J connectivity index is 1.34. The van der Waals surface area contributed by atoms with Crippen LogP contribution in [0.4, 0.5) is 10.6 Å². The van der Waals surface area contributed by atoms with Crippen molar-refractivity contribution in [1.82, 2.24) is 34.2 Å². The summed E-state index contributed by atoms with van der Waals surface area (Å²) >= 11 is 0. The monoisotopic (exact) mass is 472 g/mol. The summed E-state index contributed by atoms with van der Waals surface area (Å²) in [5, 5.41) is 10.6. The number of amides is 2. The van der Waals surface area contributed by atoms with Gasteiger partial charge in [-0.05, 0) is 49.3 Å². The van der Waals surface area contributed by atoms with Gasteiger partial charge in [0.25, 0.3) is 0 Å². The molecule has 0 bridgehead atoms. The van der Waals surface area contributed by atoms with Crippen LogP contribution in [0.2, 0.25) is 0 Å². The second-order valence-electron chi connectivity index (χ2n) is 10.2. The van der Waals surface area contributed by atoms with E-state index in [1.165, 1.54) is 25.6 Å². The van der Waals surface area contributed by atoms with Crippen LogP contribution < -0.4 is 5.73 Å². The van der Waals surface area contributed by atoms with Crippen LogP contribution in [0, 0.1) is 5.92 Å². The topological polar surface area (TPSA) is 97.6 Å². The second-order valence-corrected chi connectivity index (χ2v) is 10.2. The number of fused-ring (bicyclic) bond motifs is 2. The lowest BCUT2D eigenvalue weighted by atomic mass is 9.85. The van der Waals surface area contributed by atoms with E-state index < -0.39 is 0 Å². The van der Waals surface area contributed by atoms with Gasteiger partial charge in [0.2, 0.25) is 0 Å². The molecule has 0 unspecified atom stereocenters. The van der Waals surface area contributed by atoms with Crippen molar-refractivity contribution in [2.24, 2.45) is 5.92 Å². The molecule has 0 atom stereocenters. The molecular weight excluding hydrogens is 440 g/mol. The van der Waals surface area contributed by atoms with Crippen molar-refractivity contribution < 1.29 is 4.79 Å². The number of rotatable bonds is 4. The minimum Gasteiger partial charge on any atom is -0.382 e. The number of hydrogen-bond acceptors (Lipinski definition) is 5. The molecule has 1 aromatic carbocycles. The fourth-order valence-electron chi connectivity index (χ4n) is 5.52. The first-order chi connectivity index (χ1) is 17.0. The molecule has 1 aliphatic heterocycles. The van der Waals surface area contributed by atoms with Crippen LogP contribution in [-0.2, 0) is 6.54 Å². The molecule has 35 heavy (non-hydrogen) atoms. The summed E-state index contributed by atoms with van der Waals surface area (Å²) in [7, 11) is 3.60. The highest BCUT2D eigenvalue weighted by Gasteiger charge is 2.28. The standard InChI is InChI=1S/C26H32N8O/c1-31(2)26(35)32-10-8-18(9-11-32)23-13-21(24-25(27)28-16-29-34(23)24)19-6-7-20-15-33(30-22(20)12-19)14-17-4-3-5-17/h6-7,12-13,15-18H,3-5,8-11,14H2,1-2H3,(H2,27,28,29). The van der Waals surface area contributed by atoms with E-state index in [0.29, 0.717) is 11.7 Å². The molecule has 3 aromatic heterocycles. The van der Waals surface area contributed by atoms with Gasteiger partial charge in [-0.1, -0.05) is 18.6 Å². The van der Waals surface area contributed by atoms with Crippen LogP contribution >= 0.6 is 0 Å². The molecule has 6 rings (SSSR count). The summed E-state index contributed by atoms with van der Waals surface area (Å²) in [5.74, 6) is 1.53. The van der Waals surface area contributed by atoms with E-state index in [4.69, 9.17) is 10.8 Å². The van der Waals surface area contributed by atoms with Gasteiger partial charge in [-0.25, -0.2) is 14.3 Å². The van der Waals surface area contributed by atoms with Gasteiger partial charge < -0.3 is 15.5 Å². The number of nitrogens with two attached hydrogens (primary N) is 1. The third-order valence-electron chi connectivity index (χ3n) is 7.71. The van der Waals surface area contributed by atoms with Crippen LogP contribution in [0.1, 0.15) is 43.7 Å². The van der Waals surface area contributed by atoms with Crippen molar-refractivity contribution in [1.29, 1.82) is 0 Å². The van der Waals surface area contributed by atoms with E-state index in [1.807, 2.05) is 9.42 Å². The number of aromatic nitrogens is 5. The maximum Gasteiger partial charge on any atom is 0.319 e. The smallest absolute Gasteiger partial charge is 0.319 e. The molecule has 2 aliphatic rings. The van der Waals surface area contributed by atoms with Crippen molar-refractivity contribution in [2.75, 3.05) is 32.9 Å². The highest BCUT2D eigenvalue weighted by atomic mass is 16.2. The Morgan fingerprint density at radius 1 is 1.14 bits per heavy atom. The summed E-state index contributed by atoms with van der Waals surface area (Å²) in [6, 6.07) is 8.71. The van der Waals surface area contributed by atoms with E-state index in [1.54, 1.807) is 19.0 Å².